The minimum atomic E-state index is -1.06. The Morgan fingerprint density at radius 1 is 0.421 bits per heavy atom. The standard InChI is InChI=1S/C24H15N5O3.2C10H8N2.Ru/c30-23(15-5-9-25-19(12-15)20-13-16(24(31)32)6-10-26-20)29-18-11-14-3-1-7-27-21(14)22-17(18)4-2-8-28-22;2*1-3-7-11-9(5-1)10-6-2-4-8-12-10;/h1-13H,(H,29,30)(H,31,32);2*1-8H;/q;;;+2. The number of benzene rings is 1. The first-order valence-electron chi connectivity index (χ1n) is 17.3. The molecule has 0 saturated heterocycles. The predicted molar refractivity (Wildman–Crippen MR) is 214 cm³/mol. The van der Waals surface area contributed by atoms with Crippen molar-refractivity contribution in [2.45, 2.75) is 0 Å². The van der Waals surface area contributed by atoms with E-state index in [1.54, 1.807) is 55.4 Å². The molecule has 8 heterocycles. The van der Waals surface area contributed by atoms with Crippen LogP contribution in [0.3, 0.4) is 0 Å². The van der Waals surface area contributed by atoms with Crippen molar-refractivity contribution in [2.24, 2.45) is 0 Å². The number of anilines is 1. The third-order valence-corrected chi connectivity index (χ3v) is 8.19. The first kappa shape index (κ1) is 39.2. The van der Waals surface area contributed by atoms with Crippen LogP contribution in [0.25, 0.3) is 56.0 Å². The second kappa shape index (κ2) is 19.2. The summed E-state index contributed by atoms with van der Waals surface area (Å²) < 4.78 is 0. The van der Waals surface area contributed by atoms with Gasteiger partial charge < -0.3 is 10.4 Å². The van der Waals surface area contributed by atoms with Gasteiger partial charge in [0.2, 0.25) is 0 Å². The summed E-state index contributed by atoms with van der Waals surface area (Å²) in [7, 11) is 0. The normalized spacial score (nSPS) is 10.2. The summed E-state index contributed by atoms with van der Waals surface area (Å²) >= 11 is 0. The van der Waals surface area contributed by atoms with Crippen LogP contribution >= 0.6 is 0 Å². The van der Waals surface area contributed by atoms with Crippen molar-refractivity contribution < 1.29 is 34.2 Å². The van der Waals surface area contributed by atoms with Gasteiger partial charge in [-0.15, -0.1) is 0 Å². The van der Waals surface area contributed by atoms with Gasteiger partial charge in [-0.3, -0.25) is 44.7 Å². The minimum Gasteiger partial charge on any atom is -0.478 e. The van der Waals surface area contributed by atoms with Gasteiger partial charge in [-0.1, -0.05) is 30.3 Å². The molecule has 0 radical (unpaired) electrons. The minimum absolute atomic E-state index is 0. The number of carboxylic acids is 1. The van der Waals surface area contributed by atoms with Gasteiger partial charge in [0.25, 0.3) is 5.91 Å². The van der Waals surface area contributed by atoms with E-state index in [9.17, 15) is 14.7 Å². The van der Waals surface area contributed by atoms with Gasteiger partial charge in [0.05, 0.1) is 56.4 Å². The number of hydrogen-bond donors (Lipinski definition) is 2. The number of aromatic carboxylic acids is 1. The van der Waals surface area contributed by atoms with Crippen LogP contribution in [0, 0.1) is 0 Å². The van der Waals surface area contributed by atoms with Gasteiger partial charge in [0.15, 0.2) is 0 Å². The molecular weight excluding hydrogens is 804 g/mol. The average molecular weight is 835 g/mol. The SMILES string of the molecule is O=C(O)c1ccnc(-c2cc(C(=O)Nc3cc4cccnc4c4ncccc34)ccn2)c1.[Ru+2].c1ccc(-c2ccccn2)nc1.c1ccc(-c2ccccn2)nc1. The number of carbonyl (C=O) groups excluding carboxylic acids is 1. The molecule has 1 amide bonds. The van der Waals surface area contributed by atoms with Crippen molar-refractivity contribution in [2.75, 3.05) is 5.32 Å². The molecule has 276 valence electrons. The molecule has 9 rings (SSSR count). The average Bonchev–Trinajstić information content (AvgIpc) is 3.28. The number of nitrogens with one attached hydrogen (secondary N) is 1. The molecule has 0 saturated carbocycles. The zero-order valence-corrected chi connectivity index (χ0v) is 31.7. The Labute approximate surface area is 339 Å². The maximum atomic E-state index is 13.1. The first-order valence-corrected chi connectivity index (χ1v) is 17.3. The van der Waals surface area contributed by atoms with E-state index in [0.717, 1.165) is 39.1 Å². The summed E-state index contributed by atoms with van der Waals surface area (Å²) in [6.45, 7) is 0. The van der Waals surface area contributed by atoms with Crippen molar-refractivity contribution in [3.63, 3.8) is 0 Å². The van der Waals surface area contributed by atoms with E-state index in [0.29, 0.717) is 28.2 Å². The van der Waals surface area contributed by atoms with Crippen LogP contribution in [0.4, 0.5) is 5.69 Å². The number of carbonyl (C=O) groups is 2. The van der Waals surface area contributed by atoms with Crippen LogP contribution < -0.4 is 5.32 Å². The summed E-state index contributed by atoms with van der Waals surface area (Å²) in [5, 5.41) is 13.8. The van der Waals surface area contributed by atoms with Crippen LogP contribution in [0.15, 0.2) is 177 Å². The molecule has 1 aromatic carbocycles. The third kappa shape index (κ3) is 9.98. The van der Waals surface area contributed by atoms with Crippen LogP contribution in [-0.2, 0) is 19.5 Å². The van der Waals surface area contributed by atoms with Crippen LogP contribution in [0.1, 0.15) is 20.7 Å². The van der Waals surface area contributed by atoms with E-state index in [2.05, 4.69) is 45.2 Å². The number of aromatic nitrogens is 8. The number of carboxylic acid groups (broad SMARTS) is 1. The van der Waals surface area contributed by atoms with Crippen molar-refractivity contribution in [3.05, 3.63) is 188 Å². The van der Waals surface area contributed by atoms with Crippen molar-refractivity contribution in [3.8, 4) is 34.2 Å². The smallest absolute Gasteiger partial charge is 0.478 e. The van der Waals surface area contributed by atoms with Crippen LogP contribution in [0.2, 0.25) is 0 Å². The summed E-state index contributed by atoms with van der Waals surface area (Å²) in [5.41, 5.74) is 6.95. The molecule has 8 aromatic heterocycles. The Kier molecular flexibility index (Phi) is 13.2. The Bertz CT molecular complexity index is 2580. The van der Waals surface area contributed by atoms with Gasteiger partial charge in [0.1, 0.15) is 0 Å². The number of fused-ring (bicyclic) bond motifs is 3. The van der Waals surface area contributed by atoms with Gasteiger partial charge in [0, 0.05) is 65.9 Å². The maximum absolute atomic E-state index is 13.1. The maximum Gasteiger partial charge on any atom is 2.00 e. The van der Waals surface area contributed by atoms with Gasteiger partial charge in [-0.25, -0.2) is 4.79 Å². The van der Waals surface area contributed by atoms with E-state index >= 15 is 0 Å². The van der Waals surface area contributed by atoms with Crippen molar-refractivity contribution in [1.82, 2.24) is 39.9 Å². The fraction of sp³-hybridized carbons (Fsp3) is 0. The molecule has 12 nitrogen and oxygen atoms in total. The Balaban J connectivity index is 0.000000179. The molecular formula is C44H31N9O3Ru+2. The second-order valence-corrected chi connectivity index (χ2v) is 11.9. The largest absolute Gasteiger partial charge is 2.00 e. The molecule has 2 N–H and O–H groups in total. The molecule has 0 spiro atoms. The number of hydrogen-bond acceptors (Lipinski definition) is 10. The fourth-order valence-corrected chi connectivity index (χ4v) is 5.55. The Hall–Kier alpha value is -7.50. The van der Waals surface area contributed by atoms with Crippen LogP contribution in [0.5, 0.6) is 0 Å². The number of rotatable bonds is 6. The van der Waals surface area contributed by atoms with Gasteiger partial charge in [-0.2, -0.15) is 0 Å². The van der Waals surface area contributed by atoms with E-state index < -0.39 is 5.97 Å². The zero-order valence-electron chi connectivity index (χ0n) is 29.9. The Morgan fingerprint density at radius 2 is 0.860 bits per heavy atom. The topological polar surface area (TPSA) is 170 Å². The number of pyridine rings is 8. The van der Waals surface area contributed by atoms with E-state index in [1.165, 1.54) is 24.5 Å². The molecule has 13 heteroatoms. The van der Waals surface area contributed by atoms with Crippen molar-refractivity contribution in [1.29, 1.82) is 0 Å². The van der Waals surface area contributed by atoms with E-state index in [-0.39, 0.29) is 30.9 Å². The van der Waals surface area contributed by atoms with Gasteiger partial charge >= 0.3 is 25.4 Å². The summed E-state index contributed by atoms with van der Waals surface area (Å²) in [6, 6.07) is 38.5. The quantitative estimate of drug-likeness (QED) is 0.122. The number of nitrogens with zero attached hydrogens (tertiary/aromatic N) is 8. The predicted octanol–water partition coefficient (Wildman–Crippen LogP) is 8.48. The molecule has 9 aromatic rings. The Morgan fingerprint density at radius 3 is 1.35 bits per heavy atom. The van der Waals surface area contributed by atoms with Crippen LogP contribution in [-0.4, -0.2) is 56.9 Å². The van der Waals surface area contributed by atoms with E-state index in [1.807, 2.05) is 97.1 Å². The molecule has 0 aliphatic heterocycles. The summed E-state index contributed by atoms with van der Waals surface area (Å²) in [6.07, 6.45) is 13.4. The van der Waals surface area contributed by atoms with Crippen molar-refractivity contribution >= 4 is 39.4 Å². The third-order valence-electron chi connectivity index (χ3n) is 8.19. The summed E-state index contributed by atoms with van der Waals surface area (Å²) in [5.74, 6) is -1.40. The molecule has 0 aliphatic rings. The monoisotopic (exact) mass is 835 g/mol. The molecule has 0 fully saturated rings. The molecule has 0 atom stereocenters. The zero-order chi connectivity index (χ0) is 38.5. The molecule has 57 heavy (non-hydrogen) atoms. The fourth-order valence-electron chi connectivity index (χ4n) is 5.55. The number of amides is 1. The first-order chi connectivity index (χ1) is 27.5. The second-order valence-electron chi connectivity index (χ2n) is 11.9. The van der Waals surface area contributed by atoms with E-state index in [4.69, 9.17) is 0 Å². The summed E-state index contributed by atoms with van der Waals surface area (Å²) in [4.78, 5) is 58.3. The molecule has 0 unspecified atom stereocenters. The van der Waals surface area contributed by atoms with Gasteiger partial charge in [-0.05, 0) is 97.1 Å². The molecule has 0 bridgehead atoms. The molecule has 0 aliphatic carbocycles.